The maximum atomic E-state index is 12.6. The lowest BCUT2D eigenvalue weighted by Gasteiger charge is -2.19. The Bertz CT molecular complexity index is 724. The molecule has 1 saturated heterocycles. The van der Waals surface area contributed by atoms with E-state index in [1.807, 2.05) is 14.0 Å². The topological polar surface area (TPSA) is 84.3 Å². The summed E-state index contributed by atoms with van der Waals surface area (Å²) in [4.78, 5) is 14.7. The number of sulfone groups is 1. The van der Waals surface area contributed by atoms with Crippen LogP contribution in [0.5, 0.6) is 0 Å². The van der Waals surface area contributed by atoms with Crippen molar-refractivity contribution in [1.29, 1.82) is 0 Å². The highest BCUT2D eigenvalue weighted by molar-refractivity contribution is 7.90. The minimum Gasteiger partial charge on any atom is -0.348 e. The predicted molar refractivity (Wildman–Crippen MR) is 91.6 cm³/mol. The third kappa shape index (κ3) is 3.97. The first-order valence-electron chi connectivity index (χ1n) is 8.44. The van der Waals surface area contributed by atoms with Crippen molar-refractivity contribution in [1.82, 2.24) is 20.0 Å². The molecule has 134 valence electrons. The van der Waals surface area contributed by atoms with E-state index < -0.39 is 9.84 Å². The van der Waals surface area contributed by atoms with E-state index in [-0.39, 0.29) is 17.7 Å². The third-order valence-electron chi connectivity index (χ3n) is 5.24. The lowest BCUT2D eigenvalue weighted by Crippen LogP contribution is -2.41. The summed E-state index contributed by atoms with van der Waals surface area (Å²) < 4.78 is 24.5. The second-order valence-corrected chi connectivity index (χ2v) is 9.50. The average molecular weight is 354 g/mol. The predicted octanol–water partition coefficient (Wildman–Crippen LogP) is 0.213. The van der Waals surface area contributed by atoms with Gasteiger partial charge in [0.15, 0.2) is 0 Å². The number of nitrogens with zero attached hydrogens (tertiary/aromatic N) is 3. The van der Waals surface area contributed by atoms with Gasteiger partial charge in [0.25, 0.3) is 5.91 Å². The Morgan fingerprint density at radius 2 is 2.08 bits per heavy atom. The fourth-order valence-electron chi connectivity index (χ4n) is 3.51. The van der Waals surface area contributed by atoms with Gasteiger partial charge in [-0.2, -0.15) is 5.10 Å². The molecule has 0 bridgehead atoms. The molecule has 2 fully saturated rings. The van der Waals surface area contributed by atoms with E-state index in [0.29, 0.717) is 23.9 Å². The van der Waals surface area contributed by atoms with Crippen LogP contribution in [0.2, 0.25) is 0 Å². The number of aromatic nitrogens is 2. The van der Waals surface area contributed by atoms with Gasteiger partial charge in [-0.25, -0.2) is 8.42 Å². The number of hydrogen-bond donors (Lipinski definition) is 1. The highest BCUT2D eigenvalue weighted by Crippen LogP contribution is 2.41. The highest BCUT2D eigenvalue weighted by Gasteiger charge is 2.43. The minimum atomic E-state index is -2.96. The van der Waals surface area contributed by atoms with Crippen molar-refractivity contribution in [3.05, 3.63) is 17.5 Å². The molecule has 7 nitrogen and oxygen atoms in total. The molecule has 2 heterocycles. The molecule has 1 N–H and O–H groups in total. The number of likely N-dealkylation sites (tertiary alicyclic amines) is 1. The normalized spacial score (nSPS) is 25.1. The molecule has 1 aliphatic heterocycles. The molecule has 2 unspecified atom stereocenters. The lowest BCUT2D eigenvalue weighted by atomic mass is 9.98. The van der Waals surface area contributed by atoms with Gasteiger partial charge in [0.2, 0.25) is 0 Å². The van der Waals surface area contributed by atoms with Crippen molar-refractivity contribution < 1.29 is 13.2 Å². The zero-order chi connectivity index (χ0) is 17.5. The second kappa shape index (κ2) is 6.48. The van der Waals surface area contributed by atoms with Crippen LogP contribution in [-0.4, -0.2) is 66.7 Å². The Labute approximate surface area is 143 Å². The van der Waals surface area contributed by atoms with Gasteiger partial charge in [0, 0.05) is 44.7 Å². The molecule has 0 radical (unpaired) electrons. The lowest BCUT2D eigenvalue weighted by molar-refractivity contribution is 0.0927. The van der Waals surface area contributed by atoms with Crippen molar-refractivity contribution in [2.45, 2.75) is 25.8 Å². The SMILES string of the molecule is Cc1c(C(=O)NC2CN(CCS(C)(=O)=O)CC2C2CC2)cnn1C. The maximum Gasteiger partial charge on any atom is 0.255 e. The number of hydrogen-bond acceptors (Lipinski definition) is 5. The Kier molecular flexibility index (Phi) is 4.70. The van der Waals surface area contributed by atoms with E-state index in [2.05, 4.69) is 15.3 Å². The molecular weight excluding hydrogens is 328 g/mol. The van der Waals surface area contributed by atoms with Crippen LogP contribution < -0.4 is 5.32 Å². The van der Waals surface area contributed by atoms with Gasteiger partial charge >= 0.3 is 0 Å². The van der Waals surface area contributed by atoms with Crippen LogP contribution in [0.1, 0.15) is 28.9 Å². The summed E-state index contributed by atoms with van der Waals surface area (Å²) in [5.74, 6) is 1.17. The molecule has 2 aliphatic rings. The van der Waals surface area contributed by atoms with Gasteiger partial charge in [-0.15, -0.1) is 0 Å². The molecule has 1 aromatic rings. The van der Waals surface area contributed by atoms with Crippen LogP contribution in [-0.2, 0) is 16.9 Å². The van der Waals surface area contributed by atoms with Gasteiger partial charge in [-0.05, 0) is 31.6 Å². The molecule has 1 aliphatic carbocycles. The number of aryl methyl sites for hydroxylation is 1. The molecule has 0 spiro atoms. The van der Waals surface area contributed by atoms with Crippen LogP contribution in [0, 0.1) is 18.8 Å². The van der Waals surface area contributed by atoms with Gasteiger partial charge in [0.1, 0.15) is 9.84 Å². The van der Waals surface area contributed by atoms with E-state index in [1.54, 1.807) is 10.9 Å². The Hall–Kier alpha value is -1.41. The Balaban J connectivity index is 1.64. The zero-order valence-corrected chi connectivity index (χ0v) is 15.3. The second-order valence-electron chi connectivity index (χ2n) is 7.24. The van der Waals surface area contributed by atoms with Crippen LogP contribution in [0.4, 0.5) is 0 Å². The van der Waals surface area contributed by atoms with Crippen molar-refractivity contribution in [3.8, 4) is 0 Å². The van der Waals surface area contributed by atoms with Crippen molar-refractivity contribution in [3.63, 3.8) is 0 Å². The first kappa shape index (κ1) is 17.4. The summed E-state index contributed by atoms with van der Waals surface area (Å²) in [5, 5.41) is 7.29. The number of amides is 1. The van der Waals surface area contributed by atoms with E-state index in [9.17, 15) is 13.2 Å². The van der Waals surface area contributed by atoms with Crippen molar-refractivity contribution in [2.24, 2.45) is 18.9 Å². The summed E-state index contributed by atoms with van der Waals surface area (Å²) in [6.45, 7) is 4.02. The van der Waals surface area contributed by atoms with Crippen LogP contribution >= 0.6 is 0 Å². The largest absolute Gasteiger partial charge is 0.348 e. The van der Waals surface area contributed by atoms with E-state index in [4.69, 9.17) is 0 Å². The molecule has 1 amide bonds. The third-order valence-corrected chi connectivity index (χ3v) is 6.17. The monoisotopic (exact) mass is 354 g/mol. The van der Waals surface area contributed by atoms with Gasteiger partial charge in [0.05, 0.1) is 17.5 Å². The summed E-state index contributed by atoms with van der Waals surface area (Å²) in [5.41, 5.74) is 1.46. The molecule has 8 heteroatoms. The van der Waals surface area contributed by atoms with Gasteiger partial charge < -0.3 is 5.32 Å². The first-order valence-corrected chi connectivity index (χ1v) is 10.5. The molecule has 1 saturated carbocycles. The standard InChI is InChI=1S/C16H26N4O3S/c1-11-13(8-17-19(11)2)16(21)18-15-10-20(6-7-24(3,22)23)9-14(15)12-4-5-12/h8,12,14-15H,4-7,9-10H2,1-3H3,(H,18,21). The fourth-order valence-corrected chi connectivity index (χ4v) is 4.10. The van der Waals surface area contributed by atoms with E-state index in [0.717, 1.165) is 18.8 Å². The molecule has 2 atom stereocenters. The molecular formula is C16H26N4O3S. The molecule has 3 rings (SSSR count). The quantitative estimate of drug-likeness (QED) is 0.790. The Morgan fingerprint density at radius 1 is 1.38 bits per heavy atom. The average Bonchev–Trinajstić information content (AvgIpc) is 3.18. The zero-order valence-electron chi connectivity index (χ0n) is 14.5. The molecule has 1 aromatic heterocycles. The minimum absolute atomic E-state index is 0.0822. The molecule has 0 aromatic carbocycles. The van der Waals surface area contributed by atoms with Crippen LogP contribution in [0.25, 0.3) is 0 Å². The number of rotatable bonds is 6. The summed E-state index contributed by atoms with van der Waals surface area (Å²) in [6, 6.07) is 0.0872. The fraction of sp³-hybridized carbons (Fsp3) is 0.750. The number of nitrogens with one attached hydrogen (secondary N) is 1. The maximum absolute atomic E-state index is 12.6. The van der Waals surface area contributed by atoms with Crippen LogP contribution in [0.3, 0.4) is 0 Å². The van der Waals surface area contributed by atoms with E-state index >= 15 is 0 Å². The summed E-state index contributed by atoms with van der Waals surface area (Å²) in [7, 11) is -1.14. The molecule has 24 heavy (non-hydrogen) atoms. The highest BCUT2D eigenvalue weighted by atomic mass is 32.2. The number of carbonyl (C=O) groups excluding carboxylic acids is 1. The number of carbonyl (C=O) groups is 1. The van der Waals surface area contributed by atoms with E-state index in [1.165, 1.54) is 19.1 Å². The van der Waals surface area contributed by atoms with Crippen LogP contribution in [0.15, 0.2) is 6.20 Å². The Morgan fingerprint density at radius 3 is 2.62 bits per heavy atom. The van der Waals surface area contributed by atoms with Gasteiger partial charge in [-0.3, -0.25) is 14.4 Å². The first-order chi connectivity index (χ1) is 11.2. The van der Waals surface area contributed by atoms with Crippen molar-refractivity contribution >= 4 is 15.7 Å². The summed E-state index contributed by atoms with van der Waals surface area (Å²) >= 11 is 0. The smallest absolute Gasteiger partial charge is 0.255 e. The van der Waals surface area contributed by atoms with Crippen molar-refractivity contribution in [2.75, 3.05) is 31.6 Å². The summed E-state index contributed by atoms with van der Waals surface area (Å²) in [6.07, 6.45) is 5.30. The van der Waals surface area contributed by atoms with Gasteiger partial charge in [-0.1, -0.05) is 0 Å².